The number of carbonyl (C=O) groups excluding carboxylic acids is 1. The fourth-order valence-corrected chi connectivity index (χ4v) is 10.9. The normalized spacial score (nSPS) is 35.7. The average Bonchev–Trinajstić information content (AvgIpc) is 3.67. The Kier molecular flexibility index (Phi) is 9.46. The highest BCUT2D eigenvalue weighted by molar-refractivity contribution is 7.90. The first-order valence-electron chi connectivity index (χ1n) is 18.6. The van der Waals surface area contributed by atoms with Crippen LogP contribution in [0.5, 0.6) is 5.75 Å². The fraction of sp³-hybridized carbons (Fsp3) is 0.615. The van der Waals surface area contributed by atoms with Crippen molar-refractivity contribution >= 4 is 33.2 Å². The number of anilines is 1. The van der Waals surface area contributed by atoms with E-state index in [1.165, 1.54) is 11.1 Å². The number of sulfonamides is 1. The molecule has 4 aliphatic heterocycles. The van der Waals surface area contributed by atoms with Crippen molar-refractivity contribution in [1.82, 2.24) is 9.62 Å². The number of rotatable bonds is 4. The van der Waals surface area contributed by atoms with Crippen LogP contribution in [0.3, 0.4) is 0 Å². The molecule has 0 unspecified atom stereocenters. The van der Waals surface area contributed by atoms with Crippen molar-refractivity contribution in [3.8, 4) is 5.75 Å². The number of halogens is 1. The van der Waals surface area contributed by atoms with Crippen LogP contribution < -0.4 is 14.4 Å². The summed E-state index contributed by atoms with van der Waals surface area (Å²) in [5, 5.41) is -0.00652. The Hall–Kier alpha value is -2.63. The van der Waals surface area contributed by atoms with Gasteiger partial charge in [-0.05, 0) is 111 Å². The molecule has 6 aliphatic rings. The maximum absolute atomic E-state index is 13.5. The minimum absolute atomic E-state index is 0.0583. The number of hydrogen-bond acceptors (Lipinski definition) is 8. The van der Waals surface area contributed by atoms with Gasteiger partial charge >= 0.3 is 0 Å². The van der Waals surface area contributed by atoms with Gasteiger partial charge in [0.15, 0.2) is 0 Å². The van der Waals surface area contributed by atoms with Gasteiger partial charge in [-0.15, -0.1) is 0 Å². The van der Waals surface area contributed by atoms with Crippen LogP contribution in [0, 0.1) is 17.8 Å². The number of benzene rings is 2. The Morgan fingerprint density at radius 2 is 2.00 bits per heavy atom. The van der Waals surface area contributed by atoms with E-state index in [4.69, 9.17) is 25.8 Å². The number of nitrogens with one attached hydrogen (secondary N) is 1. The standard InChI is InChI=1S/C39H50ClN3O6S/c1-25-5-3-7-36(47-16-15-42-21-32-19-31(42)22-48-32)33-11-8-29(33)20-43-23-39(14-4-6-27-17-30(40)10-12-34(27)39)24-49-37-13-9-28(18-35(37)43)38(44)41-50(45,46)26(25)2/h3,7,9-10,12-13,17-18,25-26,29,31-33,36H,4-6,8,11,14-16,19-24H2,1-2H3,(H,41,44)/b7-3+/t25-,26+,29-,31-,32-,33+,36-,39-/m0/s1. The van der Waals surface area contributed by atoms with E-state index in [-0.39, 0.29) is 17.4 Å². The second kappa shape index (κ2) is 13.7. The van der Waals surface area contributed by atoms with E-state index in [9.17, 15) is 13.2 Å². The lowest BCUT2D eigenvalue weighted by Gasteiger charge is -2.46. The van der Waals surface area contributed by atoms with Crippen molar-refractivity contribution in [2.45, 2.75) is 87.7 Å². The number of hydrogen-bond donors (Lipinski definition) is 1. The predicted molar refractivity (Wildman–Crippen MR) is 195 cm³/mol. The van der Waals surface area contributed by atoms with Gasteiger partial charge in [-0.3, -0.25) is 9.69 Å². The van der Waals surface area contributed by atoms with Gasteiger partial charge in [0, 0.05) is 48.2 Å². The first-order valence-corrected chi connectivity index (χ1v) is 20.5. The summed E-state index contributed by atoms with van der Waals surface area (Å²) in [5.74, 6) is 0.639. The summed E-state index contributed by atoms with van der Waals surface area (Å²) in [7, 11) is -3.92. The van der Waals surface area contributed by atoms with Crippen molar-refractivity contribution in [2.24, 2.45) is 17.8 Å². The van der Waals surface area contributed by atoms with Crippen LogP contribution in [-0.4, -0.2) is 88.7 Å². The zero-order valence-electron chi connectivity index (χ0n) is 29.2. The maximum Gasteiger partial charge on any atom is 0.264 e. The van der Waals surface area contributed by atoms with Gasteiger partial charge in [0.05, 0.1) is 43.0 Å². The fourth-order valence-electron chi connectivity index (χ4n) is 9.38. The molecule has 2 aromatic carbocycles. The van der Waals surface area contributed by atoms with E-state index in [1.54, 1.807) is 13.0 Å². The third-order valence-corrected chi connectivity index (χ3v) is 14.9. The van der Waals surface area contributed by atoms with Gasteiger partial charge in [-0.1, -0.05) is 36.7 Å². The molecule has 4 heterocycles. The number of allylic oxidation sites excluding steroid dienone is 1. The Morgan fingerprint density at radius 3 is 2.78 bits per heavy atom. The summed E-state index contributed by atoms with van der Waals surface area (Å²) in [6.07, 6.45) is 11.5. The molecule has 2 aromatic rings. The van der Waals surface area contributed by atoms with Crippen molar-refractivity contribution in [3.05, 3.63) is 70.3 Å². The Morgan fingerprint density at radius 1 is 1.12 bits per heavy atom. The monoisotopic (exact) mass is 723 g/mol. The molecule has 0 aromatic heterocycles. The molecular formula is C39H50ClN3O6S. The largest absolute Gasteiger partial charge is 0.490 e. The maximum atomic E-state index is 13.5. The average molecular weight is 724 g/mol. The van der Waals surface area contributed by atoms with E-state index in [2.05, 4.69) is 38.8 Å². The molecule has 50 heavy (non-hydrogen) atoms. The van der Waals surface area contributed by atoms with Crippen LogP contribution in [0.2, 0.25) is 5.02 Å². The molecule has 270 valence electrons. The van der Waals surface area contributed by atoms with Gasteiger partial charge in [0.1, 0.15) is 5.75 Å². The van der Waals surface area contributed by atoms with E-state index in [1.807, 2.05) is 25.1 Å². The zero-order chi connectivity index (χ0) is 34.6. The minimum atomic E-state index is -3.92. The summed E-state index contributed by atoms with van der Waals surface area (Å²) in [6.45, 7) is 9.01. The smallest absolute Gasteiger partial charge is 0.264 e. The van der Waals surface area contributed by atoms with E-state index in [0.29, 0.717) is 49.2 Å². The lowest BCUT2D eigenvalue weighted by molar-refractivity contribution is -0.0323. The lowest BCUT2D eigenvalue weighted by Crippen LogP contribution is -2.50. The van der Waals surface area contributed by atoms with Gasteiger partial charge in [-0.25, -0.2) is 13.1 Å². The molecule has 8 rings (SSSR count). The minimum Gasteiger partial charge on any atom is -0.490 e. The summed E-state index contributed by atoms with van der Waals surface area (Å²) < 4.78 is 48.5. The van der Waals surface area contributed by atoms with Crippen LogP contribution >= 0.6 is 11.6 Å². The first kappa shape index (κ1) is 34.5. The third-order valence-electron chi connectivity index (χ3n) is 12.7. The number of fused-ring (bicyclic) bond motifs is 6. The third kappa shape index (κ3) is 6.60. The predicted octanol–water partition coefficient (Wildman–Crippen LogP) is 5.74. The Labute approximate surface area is 301 Å². The SMILES string of the molecule is C[C@@H]1[C@@H](C)C/C=C/[C@H](OCCN2C[C@@H]3C[C@H]2CO3)[C@@H]2CC[C@H]2CN2C[C@@]3(CCCc4cc(Cl)ccc43)COc3ccc(cc32)C(=O)NS1(=O)=O. The molecule has 2 aliphatic carbocycles. The van der Waals surface area contributed by atoms with Crippen molar-refractivity contribution in [1.29, 1.82) is 0 Å². The molecule has 1 saturated carbocycles. The van der Waals surface area contributed by atoms with Gasteiger partial charge < -0.3 is 19.1 Å². The number of aryl methyl sites for hydroxylation is 1. The van der Waals surface area contributed by atoms with E-state index in [0.717, 1.165) is 87.8 Å². The summed E-state index contributed by atoms with van der Waals surface area (Å²) in [4.78, 5) is 18.5. The van der Waals surface area contributed by atoms with Gasteiger partial charge in [0.2, 0.25) is 10.0 Å². The second-order valence-electron chi connectivity index (χ2n) is 15.8. The van der Waals surface area contributed by atoms with Crippen LogP contribution in [0.15, 0.2) is 48.6 Å². The topological polar surface area (TPSA) is 97.4 Å². The highest BCUT2D eigenvalue weighted by Crippen LogP contribution is 2.47. The first-order chi connectivity index (χ1) is 24.1. The van der Waals surface area contributed by atoms with Crippen molar-refractivity contribution in [2.75, 3.05) is 50.9 Å². The molecule has 3 fully saturated rings. The number of amides is 1. The van der Waals surface area contributed by atoms with Gasteiger partial charge in [-0.2, -0.15) is 0 Å². The Balaban J connectivity index is 1.13. The molecule has 4 bridgehead atoms. The highest BCUT2D eigenvalue weighted by Gasteiger charge is 2.45. The summed E-state index contributed by atoms with van der Waals surface area (Å²) in [5.41, 5.74) is 3.47. The molecule has 9 nitrogen and oxygen atoms in total. The van der Waals surface area contributed by atoms with E-state index >= 15 is 0 Å². The quantitative estimate of drug-likeness (QED) is 0.399. The summed E-state index contributed by atoms with van der Waals surface area (Å²) >= 11 is 6.47. The van der Waals surface area contributed by atoms with Gasteiger partial charge in [0.25, 0.3) is 5.91 Å². The number of carbonyl (C=O) groups is 1. The van der Waals surface area contributed by atoms with Crippen LogP contribution in [-0.2, 0) is 31.3 Å². The highest BCUT2D eigenvalue weighted by atomic mass is 35.5. The van der Waals surface area contributed by atoms with E-state index < -0.39 is 21.2 Å². The lowest BCUT2D eigenvalue weighted by atomic mass is 9.68. The number of ether oxygens (including phenoxy) is 3. The molecule has 11 heteroatoms. The molecular weight excluding hydrogens is 674 g/mol. The van der Waals surface area contributed by atoms with Crippen LogP contribution in [0.4, 0.5) is 5.69 Å². The molecule has 1 N–H and O–H groups in total. The van der Waals surface area contributed by atoms with Crippen LogP contribution in [0.25, 0.3) is 0 Å². The summed E-state index contributed by atoms with van der Waals surface area (Å²) in [6, 6.07) is 12.1. The zero-order valence-corrected chi connectivity index (χ0v) is 30.8. The number of likely N-dealkylation sites (tertiary alicyclic amines) is 1. The Bertz CT molecular complexity index is 1750. The number of nitrogens with zero attached hydrogens (tertiary/aromatic N) is 2. The van der Waals surface area contributed by atoms with Crippen molar-refractivity contribution < 1.29 is 27.4 Å². The molecule has 0 radical (unpaired) electrons. The molecule has 8 atom stereocenters. The second-order valence-corrected chi connectivity index (χ2v) is 18.3. The molecule has 1 amide bonds. The van der Waals surface area contributed by atoms with Crippen LogP contribution in [0.1, 0.15) is 73.9 Å². The molecule has 2 saturated heterocycles. The molecule has 1 spiro atoms. The number of morpholine rings is 1. The van der Waals surface area contributed by atoms with Crippen molar-refractivity contribution in [3.63, 3.8) is 0 Å².